The molecule has 0 spiro atoms. The number of nitrogens with one attached hydrogen (secondary N) is 1. The molecule has 4 nitrogen and oxygen atoms in total. The van der Waals surface area contributed by atoms with E-state index >= 15 is 0 Å². The SMILES string of the molecule is CCC1CCC(c2noc(C3CCCCCN3)n2)C1. The van der Waals surface area contributed by atoms with Crippen molar-refractivity contribution in [2.45, 2.75) is 70.3 Å². The van der Waals surface area contributed by atoms with Gasteiger partial charge in [-0.2, -0.15) is 4.98 Å². The molecule has 0 aromatic carbocycles. The summed E-state index contributed by atoms with van der Waals surface area (Å²) in [6.45, 7) is 3.36. The van der Waals surface area contributed by atoms with Crippen LogP contribution in [-0.2, 0) is 0 Å². The molecular weight excluding hydrogens is 238 g/mol. The lowest BCUT2D eigenvalue weighted by atomic mass is 10.0. The van der Waals surface area contributed by atoms with Gasteiger partial charge in [0.15, 0.2) is 5.82 Å². The highest BCUT2D eigenvalue weighted by atomic mass is 16.5. The Labute approximate surface area is 115 Å². The Balaban J connectivity index is 1.65. The highest BCUT2D eigenvalue weighted by Gasteiger charge is 2.29. The van der Waals surface area contributed by atoms with Crippen LogP contribution < -0.4 is 5.32 Å². The summed E-state index contributed by atoms with van der Waals surface area (Å²) in [6.07, 6.45) is 10.0. The average molecular weight is 263 g/mol. The maximum Gasteiger partial charge on any atom is 0.243 e. The van der Waals surface area contributed by atoms with Crippen molar-refractivity contribution in [1.29, 1.82) is 0 Å². The van der Waals surface area contributed by atoms with E-state index in [1.807, 2.05) is 0 Å². The van der Waals surface area contributed by atoms with Gasteiger partial charge in [-0.15, -0.1) is 0 Å². The van der Waals surface area contributed by atoms with Crippen LogP contribution in [0.15, 0.2) is 4.52 Å². The van der Waals surface area contributed by atoms with Gasteiger partial charge in [-0.05, 0) is 44.6 Å². The molecule has 3 atom stereocenters. The Kier molecular flexibility index (Phi) is 4.16. The van der Waals surface area contributed by atoms with Crippen molar-refractivity contribution in [3.63, 3.8) is 0 Å². The van der Waals surface area contributed by atoms with Gasteiger partial charge in [0.1, 0.15) is 0 Å². The molecule has 106 valence electrons. The van der Waals surface area contributed by atoms with Crippen LogP contribution in [0.25, 0.3) is 0 Å². The molecule has 0 amide bonds. The molecule has 2 heterocycles. The second kappa shape index (κ2) is 6.04. The van der Waals surface area contributed by atoms with Crippen molar-refractivity contribution in [3.05, 3.63) is 11.7 Å². The summed E-state index contributed by atoms with van der Waals surface area (Å²) in [5.41, 5.74) is 0. The highest BCUT2D eigenvalue weighted by Crippen LogP contribution is 2.38. The number of hydrogen-bond acceptors (Lipinski definition) is 4. The van der Waals surface area contributed by atoms with E-state index in [0.29, 0.717) is 5.92 Å². The van der Waals surface area contributed by atoms with Crippen molar-refractivity contribution in [2.24, 2.45) is 5.92 Å². The second-order valence-electron chi connectivity index (χ2n) is 6.13. The minimum Gasteiger partial charge on any atom is -0.338 e. The predicted octanol–water partition coefficient (Wildman–Crippen LogP) is 3.57. The van der Waals surface area contributed by atoms with E-state index in [2.05, 4.69) is 22.4 Å². The van der Waals surface area contributed by atoms with Crippen molar-refractivity contribution in [2.75, 3.05) is 6.54 Å². The Morgan fingerprint density at radius 3 is 3.00 bits per heavy atom. The molecule has 1 aromatic heterocycles. The van der Waals surface area contributed by atoms with Crippen LogP contribution in [0.3, 0.4) is 0 Å². The highest BCUT2D eigenvalue weighted by molar-refractivity contribution is 5.02. The van der Waals surface area contributed by atoms with Crippen molar-refractivity contribution < 1.29 is 4.52 Å². The first-order valence-electron chi connectivity index (χ1n) is 7.93. The lowest BCUT2D eigenvalue weighted by molar-refractivity contribution is 0.323. The van der Waals surface area contributed by atoms with Crippen LogP contribution in [0.5, 0.6) is 0 Å². The summed E-state index contributed by atoms with van der Waals surface area (Å²) < 4.78 is 5.52. The van der Waals surface area contributed by atoms with Crippen LogP contribution in [-0.4, -0.2) is 16.7 Å². The molecule has 3 unspecified atom stereocenters. The lowest BCUT2D eigenvalue weighted by Gasteiger charge is -2.09. The van der Waals surface area contributed by atoms with E-state index in [9.17, 15) is 0 Å². The Morgan fingerprint density at radius 2 is 2.16 bits per heavy atom. The fourth-order valence-electron chi connectivity index (χ4n) is 3.47. The van der Waals surface area contributed by atoms with Gasteiger partial charge in [-0.3, -0.25) is 0 Å². The summed E-state index contributed by atoms with van der Waals surface area (Å²) in [5, 5.41) is 7.77. The first kappa shape index (κ1) is 13.1. The molecule has 1 aliphatic carbocycles. The van der Waals surface area contributed by atoms with Crippen LogP contribution in [0.2, 0.25) is 0 Å². The standard InChI is InChI=1S/C15H25N3O/c1-2-11-7-8-12(10-11)14-17-15(19-18-14)13-6-4-3-5-9-16-13/h11-13,16H,2-10H2,1H3. The normalized spacial score (nSPS) is 32.4. The van der Waals surface area contributed by atoms with E-state index in [-0.39, 0.29) is 6.04 Å². The molecule has 3 rings (SSSR count). The third-order valence-corrected chi connectivity index (χ3v) is 4.80. The van der Waals surface area contributed by atoms with Gasteiger partial charge in [0.05, 0.1) is 6.04 Å². The van der Waals surface area contributed by atoms with Crippen LogP contribution in [0.1, 0.15) is 82.0 Å². The molecular formula is C15H25N3O. The average Bonchev–Trinajstić information content (AvgIpc) is 3.02. The van der Waals surface area contributed by atoms with Gasteiger partial charge in [-0.1, -0.05) is 31.3 Å². The molecule has 0 radical (unpaired) electrons. The predicted molar refractivity (Wildman–Crippen MR) is 73.9 cm³/mol. The largest absolute Gasteiger partial charge is 0.338 e. The molecule has 19 heavy (non-hydrogen) atoms. The molecule has 4 heteroatoms. The van der Waals surface area contributed by atoms with Crippen LogP contribution in [0.4, 0.5) is 0 Å². The molecule has 0 bridgehead atoms. The minimum absolute atomic E-state index is 0.284. The van der Waals surface area contributed by atoms with Crippen molar-refractivity contribution in [1.82, 2.24) is 15.5 Å². The summed E-state index contributed by atoms with van der Waals surface area (Å²) >= 11 is 0. The molecule has 1 N–H and O–H groups in total. The van der Waals surface area contributed by atoms with Crippen molar-refractivity contribution in [3.8, 4) is 0 Å². The smallest absolute Gasteiger partial charge is 0.243 e. The molecule has 1 saturated heterocycles. The van der Waals surface area contributed by atoms with Gasteiger partial charge < -0.3 is 9.84 Å². The van der Waals surface area contributed by atoms with Gasteiger partial charge in [0, 0.05) is 5.92 Å². The monoisotopic (exact) mass is 263 g/mol. The number of nitrogens with zero attached hydrogens (tertiary/aromatic N) is 2. The van der Waals surface area contributed by atoms with E-state index in [0.717, 1.165) is 30.6 Å². The molecule has 2 aliphatic rings. The third-order valence-electron chi connectivity index (χ3n) is 4.80. The van der Waals surface area contributed by atoms with Gasteiger partial charge in [-0.25, -0.2) is 0 Å². The van der Waals surface area contributed by atoms with Crippen molar-refractivity contribution >= 4 is 0 Å². The van der Waals surface area contributed by atoms with E-state index in [4.69, 9.17) is 4.52 Å². The zero-order valence-electron chi connectivity index (χ0n) is 11.9. The Bertz CT molecular complexity index is 396. The second-order valence-corrected chi connectivity index (χ2v) is 6.13. The maximum absolute atomic E-state index is 5.52. The van der Waals surface area contributed by atoms with Gasteiger partial charge in [0.25, 0.3) is 0 Å². The van der Waals surface area contributed by atoms with Gasteiger partial charge in [0.2, 0.25) is 5.89 Å². The molecule has 1 aliphatic heterocycles. The van der Waals surface area contributed by atoms with E-state index in [1.165, 1.54) is 44.9 Å². The number of hydrogen-bond donors (Lipinski definition) is 1. The summed E-state index contributed by atoms with van der Waals surface area (Å²) in [4.78, 5) is 4.69. The van der Waals surface area contributed by atoms with Crippen LogP contribution in [0, 0.1) is 5.92 Å². The van der Waals surface area contributed by atoms with E-state index in [1.54, 1.807) is 0 Å². The Morgan fingerprint density at radius 1 is 1.21 bits per heavy atom. The van der Waals surface area contributed by atoms with Gasteiger partial charge >= 0.3 is 0 Å². The summed E-state index contributed by atoms with van der Waals surface area (Å²) in [5.74, 6) is 3.17. The molecule has 1 aromatic rings. The third kappa shape index (κ3) is 2.99. The van der Waals surface area contributed by atoms with E-state index < -0.39 is 0 Å². The number of aromatic nitrogens is 2. The zero-order chi connectivity index (χ0) is 13.1. The first-order chi connectivity index (χ1) is 9.36. The maximum atomic E-state index is 5.52. The minimum atomic E-state index is 0.284. The fraction of sp³-hybridized carbons (Fsp3) is 0.867. The summed E-state index contributed by atoms with van der Waals surface area (Å²) in [7, 11) is 0. The zero-order valence-corrected chi connectivity index (χ0v) is 11.9. The Hall–Kier alpha value is -0.900. The molecule has 1 saturated carbocycles. The fourth-order valence-corrected chi connectivity index (χ4v) is 3.47. The lowest BCUT2D eigenvalue weighted by Crippen LogP contribution is -2.20. The first-order valence-corrected chi connectivity index (χ1v) is 7.93. The summed E-state index contributed by atoms with van der Waals surface area (Å²) in [6, 6.07) is 0.284. The van der Waals surface area contributed by atoms with Crippen LogP contribution >= 0.6 is 0 Å². The topological polar surface area (TPSA) is 51.0 Å². The number of rotatable bonds is 3. The molecule has 2 fully saturated rings. The quantitative estimate of drug-likeness (QED) is 0.905.